The highest BCUT2D eigenvalue weighted by Crippen LogP contribution is 2.25. The average molecular weight is 314 g/mol. The van der Waals surface area contributed by atoms with Crippen molar-refractivity contribution < 1.29 is 4.79 Å². The van der Waals surface area contributed by atoms with Crippen molar-refractivity contribution >= 4 is 28.6 Å². The highest BCUT2D eigenvalue weighted by molar-refractivity contribution is 7.99. The van der Waals surface area contributed by atoms with Crippen LogP contribution in [-0.4, -0.2) is 34.6 Å². The van der Waals surface area contributed by atoms with Crippen molar-refractivity contribution in [2.45, 2.75) is 38.1 Å². The second kappa shape index (κ2) is 6.69. The van der Waals surface area contributed by atoms with Crippen LogP contribution in [0.3, 0.4) is 0 Å². The normalized spacial score (nSPS) is 15.3. The number of pyridine rings is 1. The molecule has 0 spiro atoms. The zero-order valence-electron chi connectivity index (χ0n) is 13.3. The van der Waals surface area contributed by atoms with Gasteiger partial charge in [-0.05, 0) is 56.9 Å². The fourth-order valence-corrected chi connectivity index (χ4v) is 3.79. The predicted molar refractivity (Wildman–Crippen MR) is 92.4 cm³/mol. The molecule has 0 aliphatic carbocycles. The molecule has 0 saturated carbocycles. The van der Waals surface area contributed by atoms with Gasteiger partial charge in [-0.15, -0.1) is 0 Å². The summed E-state index contributed by atoms with van der Waals surface area (Å²) >= 11 is 1.57. The molecule has 1 aliphatic rings. The zero-order valence-corrected chi connectivity index (χ0v) is 14.1. The minimum Gasteiger partial charge on any atom is -0.342 e. The highest BCUT2D eigenvalue weighted by Gasteiger charge is 2.17. The first-order valence-corrected chi connectivity index (χ1v) is 8.90. The number of piperidine rings is 1. The number of rotatable bonds is 3. The van der Waals surface area contributed by atoms with Crippen LogP contribution >= 0.6 is 11.8 Å². The Morgan fingerprint density at radius 2 is 1.95 bits per heavy atom. The highest BCUT2D eigenvalue weighted by atomic mass is 32.2. The Kier molecular flexibility index (Phi) is 4.67. The van der Waals surface area contributed by atoms with Gasteiger partial charge in [-0.1, -0.05) is 23.4 Å². The molecule has 0 N–H and O–H groups in total. The second-order valence-electron chi connectivity index (χ2n) is 6.04. The largest absolute Gasteiger partial charge is 0.342 e. The monoisotopic (exact) mass is 314 g/mol. The molecule has 1 saturated heterocycles. The summed E-state index contributed by atoms with van der Waals surface area (Å²) in [5.41, 5.74) is 3.40. The number of likely N-dealkylation sites (tertiary alicyclic amines) is 1. The van der Waals surface area contributed by atoms with Crippen molar-refractivity contribution in [2.75, 3.05) is 18.8 Å². The Morgan fingerprint density at radius 1 is 1.18 bits per heavy atom. The fraction of sp³-hybridized carbons (Fsp3) is 0.444. The molecule has 1 aromatic heterocycles. The quantitative estimate of drug-likeness (QED) is 0.804. The number of hydrogen-bond acceptors (Lipinski definition) is 3. The molecule has 3 nitrogen and oxygen atoms in total. The molecule has 116 valence electrons. The maximum atomic E-state index is 12.3. The van der Waals surface area contributed by atoms with Crippen molar-refractivity contribution in [3.8, 4) is 0 Å². The van der Waals surface area contributed by atoms with Gasteiger partial charge in [0.2, 0.25) is 5.91 Å². The van der Waals surface area contributed by atoms with Gasteiger partial charge in [0.25, 0.3) is 0 Å². The van der Waals surface area contributed by atoms with E-state index >= 15 is 0 Å². The minimum atomic E-state index is 0.245. The predicted octanol–water partition coefficient (Wildman–Crippen LogP) is 3.96. The summed E-state index contributed by atoms with van der Waals surface area (Å²) in [5, 5.41) is 2.14. The third-order valence-electron chi connectivity index (χ3n) is 4.16. The molecule has 0 radical (unpaired) electrons. The van der Waals surface area contributed by atoms with E-state index in [1.54, 1.807) is 11.8 Å². The van der Waals surface area contributed by atoms with Gasteiger partial charge in [-0.25, -0.2) is 4.98 Å². The topological polar surface area (TPSA) is 33.2 Å². The molecular weight excluding hydrogens is 292 g/mol. The molecule has 3 rings (SSSR count). The number of amides is 1. The number of carbonyl (C=O) groups excluding carboxylic acids is 1. The fourth-order valence-electron chi connectivity index (χ4n) is 2.89. The summed E-state index contributed by atoms with van der Waals surface area (Å²) in [6.07, 6.45) is 3.54. The summed E-state index contributed by atoms with van der Waals surface area (Å²) in [6, 6.07) is 8.46. The van der Waals surface area contributed by atoms with Gasteiger partial charge in [-0.3, -0.25) is 4.79 Å². The average Bonchev–Trinajstić information content (AvgIpc) is 2.53. The van der Waals surface area contributed by atoms with E-state index in [0.717, 1.165) is 42.0 Å². The molecule has 0 bridgehead atoms. The summed E-state index contributed by atoms with van der Waals surface area (Å²) in [6.45, 7) is 6.00. The van der Waals surface area contributed by atoms with Crippen LogP contribution in [0.1, 0.15) is 30.4 Å². The minimum absolute atomic E-state index is 0.245. The molecule has 22 heavy (non-hydrogen) atoms. The van der Waals surface area contributed by atoms with E-state index in [1.807, 2.05) is 4.90 Å². The van der Waals surface area contributed by atoms with Crippen molar-refractivity contribution in [1.82, 2.24) is 9.88 Å². The van der Waals surface area contributed by atoms with Gasteiger partial charge in [0, 0.05) is 18.5 Å². The standard InChI is InChI=1S/C18H22N2OS/c1-13-6-7-16-15(10-13)11-14(2)18(19-16)22-12-17(21)20-8-4-3-5-9-20/h6-7,10-11H,3-5,8-9,12H2,1-2H3. The van der Waals surface area contributed by atoms with Crippen molar-refractivity contribution in [3.05, 3.63) is 35.4 Å². The number of nitrogens with zero attached hydrogens (tertiary/aromatic N) is 2. The van der Waals surface area contributed by atoms with Crippen molar-refractivity contribution in [2.24, 2.45) is 0 Å². The Bertz CT molecular complexity index is 693. The molecule has 2 heterocycles. The van der Waals surface area contributed by atoms with Crippen LogP contribution in [0, 0.1) is 13.8 Å². The van der Waals surface area contributed by atoms with Crippen LogP contribution in [0.15, 0.2) is 29.3 Å². The molecule has 1 aromatic carbocycles. The number of hydrogen-bond donors (Lipinski definition) is 0. The molecule has 2 aromatic rings. The van der Waals surface area contributed by atoms with Crippen molar-refractivity contribution in [1.29, 1.82) is 0 Å². The second-order valence-corrected chi connectivity index (χ2v) is 7.00. The smallest absolute Gasteiger partial charge is 0.232 e. The molecule has 4 heteroatoms. The third kappa shape index (κ3) is 3.43. The van der Waals surface area contributed by atoms with E-state index in [2.05, 4.69) is 38.1 Å². The summed E-state index contributed by atoms with van der Waals surface area (Å²) < 4.78 is 0. The third-order valence-corrected chi connectivity index (χ3v) is 5.23. The van der Waals surface area contributed by atoms with E-state index in [9.17, 15) is 4.79 Å². The lowest BCUT2D eigenvalue weighted by Gasteiger charge is -2.26. The van der Waals surface area contributed by atoms with Gasteiger partial charge in [0.1, 0.15) is 5.03 Å². The lowest BCUT2D eigenvalue weighted by molar-refractivity contribution is -0.129. The van der Waals surface area contributed by atoms with Gasteiger partial charge >= 0.3 is 0 Å². The number of aryl methyl sites for hydroxylation is 2. The van der Waals surface area contributed by atoms with Gasteiger partial charge < -0.3 is 4.90 Å². The summed E-state index contributed by atoms with van der Waals surface area (Å²) in [5.74, 6) is 0.737. The Labute approximate surface area is 136 Å². The molecular formula is C18H22N2OS. The number of thioether (sulfide) groups is 1. The maximum absolute atomic E-state index is 12.3. The van der Waals surface area contributed by atoms with Gasteiger partial charge in [0.05, 0.1) is 11.3 Å². The summed E-state index contributed by atoms with van der Waals surface area (Å²) in [7, 11) is 0. The number of fused-ring (bicyclic) bond motifs is 1. The summed E-state index contributed by atoms with van der Waals surface area (Å²) in [4.78, 5) is 19.0. The van der Waals surface area contributed by atoms with Crippen LogP contribution in [0.5, 0.6) is 0 Å². The molecule has 1 fully saturated rings. The first-order chi connectivity index (χ1) is 10.6. The van der Waals surface area contributed by atoms with Gasteiger partial charge in [0.15, 0.2) is 0 Å². The van der Waals surface area contributed by atoms with Crippen LogP contribution in [-0.2, 0) is 4.79 Å². The van der Waals surface area contributed by atoms with Crippen LogP contribution in [0.2, 0.25) is 0 Å². The Hall–Kier alpha value is -1.55. The molecule has 0 unspecified atom stereocenters. The van der Waals surface area contributed by atoms with Crippen LogP contribution in [0.4, 0.5) is 0 Å². The van der Waals surface area contributed by atoms with E-state index in [0.29, 0.717) is 5.75 Å². The first-order valence-electron chi connectivity index (χ1n) is 7.92. The van der Waals surface area contributed by atoms with E-state index in [4.69, 9.17) is 4.98 Å². The Morgan fingerprint density at radius 3 is 2.73 bits per heavy atom. The molecule has 0 atom stereocenters. The zero-order chi connectivity index (χ0) is 15.5. The van der Waals surface area contributed by atoms with E-state index in [1.165, 1.54) is 17.4 Å². The lowest BCUT2D eigenvalue weighted by atomic mass is 10.1. The Balaban J connectivity index is 1.71. The van der Waals surface area contributed by atoms with Crippen molar-refractivity contribution in [3.63, 3.8) is 0 Å². The van der Waals surface area contributed by atoms with E-state index in [-0.39, 0.29) is 5.91 Å². The lowest BCUT2D eigenvalue weighted by Crippen LogP contribution is -2.36. The number of aromatic nitrogens is 1. The van der Waals surface area contributed by atoms with Crippen LogP contribution in [0.25, 0.3) is 10.9 Å². The molecule has 1 aliphatic heterocycles. The number of benzene rings is 1. The van der Waals surface area contributed by atoms with E-state index < -0.39 is 0 Å². The van der Waals surface area contributed by atoms with Gasteiger partial charge in [-0.2, -0.15) is 0 Å². The number of carbonyl (C=O) groups is 1. The first kappa shape index (κ1) is 15.3. The maximum Gasteiger partial charge on any atom is 0.232 e. The SMILES string of the molecule is Cc1ccc2nc(SCC(=O)N3CCCCC3)c(C)cc2c1. The molecule has 1 amide bonds. The van der Waals surface area contributed by atoms with Crippen LogP contribution < -0.4 is 0 Å².